The van der Waals surface area contributed by atoms with Crippen LogP contribution in [-0.2, 0) is 6.54 Å². The SMILES string of the molecule is COc1ccccc1-c1cc(C(=O)N(C)Cc2nonc2C)[nH]n1. The van der Waals surface area contributed by atoms with Gasteiger partial charge in [-0.1, -0.05) is 22.4 Å². The van der Waals surface area contributed by atoms with E-state index in [1.165, 1.54) is 4.90 Å². The highest BCUT2D eigenvalue weighted by Crippen LogP contribution is 2.28. The molecule has 0 bridgehead atoms. The van der Waals surface area contributed by atoms with E-state index < -0.39 is 0 Å². The van der Waals surface area contributed by atoms with Crippen molar-refractivity contribution in [3.8, 4) is 17.0 Å². The molecule has 0 saturated heterocycles. The van der Waals surface area contributed by atoms with Crippen molar-refractivity contribution in [3.63, 3.8) is 0 Å². The molecule has 0 aliphatic rings. The molecule has 1 N–H and O–H groups in total. The van der Waals surface area contributed by atoms with Crippen molar-refractivity contribution < 1.29 is 14.2 Å². The van der Waals surface area contributed by atoms with Crippen LogP contribution in [-0.4, -0.2) is 45.5 Å². The molecule has 0 atom stereocenters. The Bertz CT molecular complexity index is 855. The molecule has 0 fully saturated rings. The van der Waals surface area contributed by atoms with E-state index in [1.54, 1.807) is 27.1 Å². The van der Waals surface area contributed by atoms with Crippen molar-refractivity contribution >= 4 is 5.91 Å². The van der Waals surface area contributed by atoms with Crippen LogP contribution in [0.3, 0.4) is 0 Å². The number of aromatic amines is 1. The van der Waals surface area contributed by atoms with Crippen molar-refractivity contribution in [2.75, 3.05) is 14.2 Å². The lowest BCUT2D eigenvalue weighted by Gasteiger charge is -2.14. The Morgan fingerprint density at radius 3 is 2.83 bits per heavy atom. The number of benzene rings is 1. The first kappa shape index (κ1) is 15.7. The topological polar surface area (TPSA) is 97.1 Å². The summed E-state index contributed by atoms with van der Waals surface area (Å²) in [5.74, 6) is 0.492. The van der Waals surface area contributed by atoms with Crippen LogP contribution in [0, 0.1) is 6.92 Å². The number of carbonyl (C=O) groups is 1. The molecule has 0 spiro atoms. The normalized spacial score (nSPS) is 10.6. The molecule has 0 unspecified atom stereocenters. The zero-order valence-corrected chi connectivity index (χ0v) is 13.6. The largest absolute Gasteiger partial charge is 0.496 e. The zero-order chi connectivity index (χ0) is 17.1. The summed E-state index contributed by atoms with van der Waals surface area (Å²) >= 11 is 0. The summed E-state index contributed by atoms with van der Waals surface area (Å²) in [6.45, 7) is 2.08. The second-order valence-electron chi connectivity index (χ2n) is 5.32. The average molecular weight is 327 g/mol. The van der Waals surface area contributed by atoms with Crippen molar-refractivity contribution in [3.05, 3.63) is 47.4 Å². The third-order valence-electron chi connectivity index (χ3n) is 3.67. The Hall–Kier alpha value is -3.16. The standard InChI is InChI=1S/C16H17N5O3/c1-10-14(20-24-19-10)9-21(2)16(22)13-8-12(17-18-13)11-6-4-5-7-15(11)23-3/h4-8H,9H2,1-3H3,(H,17,18). The Balaban J connectivity index is 1.80. The summed E-state index contributed by atoms with van der Waals surface area (Å²) < 4.78 is 9.97. The number of hydrogen-bond donors (Lipinski definition) is 1. The number of methoxy groups -OCH3 is 1. The van der Waals surface area contributed by atoms with Crippen molar-refractivity contribution in [1.29, 1.82) is 0 Å². The summed E-state index contributed by atoms with van der Waals surface area (Å²) in [4.78, 5) is 14.0. The van der Waals surface area contributed by atoms with Gasteiger partial charge in [0.25, 0.3) is 5.91 Å². The number of carbonyl (C=O) groups excluding carboxylic acids is 1. The summed E-state index contributed by atoms with van der Waals surface area (Å²) in [7, 11) is 3.28. The first-order valence-corrected chi connectivity index (χ1v) is 7.32. The minimum atomic E-state index is -0.203. The van der Waals surface area contributed by atoms with Gasteiger partial charge in [-0.15, -0.1) is 0 Å². The van der Waals surface area contributed by atoms with Gasteiger partial charge in [-0.25, -0.2) is 4.63 Å². The fourth-order valence-electron chi connectivity index (χ4n) is 2.32. The monoisotopic (exact) mass is 327 g/mol. The van der Waals surface area contributed by atoms with Gasteiger partial charge >= 0.3 is 0 Å². The van der Waals surface area contributed by atoms with Crippen molar-refractivity contribution in [2.24, 2.45) is 0 Å². The van der Waals surface area contributed by atoms with Gasteiger partial charge in [0.2, 0.25) is 0 Å². The summed E-state index contributed by atoms with van der Waals surface area (Å²) in [5, 5.41) is 14.5. The molecule has 2 aromatic heterocycles. The average Bonchev–Trinajstić information content (AvgIpc) is 3.24. The molecule has 2 heterocycles. The van der Waals surface area contributed by atoms with E-state index in [1.807, 2.05) is 24.3 Å². The van der Waals surface area contributed by atoms with Gasteiger partial charge in [0.1, 0.15) is 22.8 Å². The van der Waals surface area contributed by atoms with Crippen LogP contribution < -0.4 is 4.74 Å². The minimum absolute atomic E-state index is 0.203. The molecule has 8 heteroatoms. The molecule has 0 aliphatic heterocycles. The number of ether oxygens (including phenoxy) is 1. The van der Waals surface area contributed by atoms with Gasteiger partial charge in [0.15, 0.2) is 0 Å². The van der Waals surface area contributed by atoms with Gasteiger partial charge in [-0.2, -0.15) is 5.10 Å². The number of nitrogens with zero attached hydrogens (tertiary/aromatic N) is 4. The quantitative estimate of drug-likeness (QED) is 0.770. The number of amides is 1. The fraction of sp³-hybridized carbons (Fsp3) is 0.250. The lowest BCUT2D eigenvalue weighted by molar-refractivity contribution is 0.0776. The van der Waals surface area contributed by atoms with Crippen LogP contribution in [0.15, 0.2) is 35.0 Å². The van der Waals surface area contributed by atoms with E-state index in [4.69, 9.17) is 4.74 Å². The second-order valence-corrected chi connectivity index (χ2v) is 5.32. The molecular formula is C16H17N5O3. The summed E-state index contributed by atoms with van der Waals surface area (Å²) in [6, 6.07) is 9.20. The van der Waals surface area contributed by atoms with Crippen LogP contribution >= 0.6 is 0 Å². The molecule has 1 aromatic carbocycles. The predicted molar refractivity (Wildman–Crippen MR) is 85.4 cm³/mol. The number of nitrogens with one attached hydrogen (secondary N) is 1. The third-order valence-corrected chi connectivity index (χ3v) is 3.67. The van der Waals surface area contributed by atoms with Crippen LogP contribution in [0.5, 0.6) is 5.75 Å². The van der Waals surface area contributed by atoms with Gasteiger partial charge in [-0.3, -0.25) is 9.89 Å². The smallest absolute Gasteiger partial charge is 0.271 e. The molecule has 0 radical (unpaired) electrons. The van der Waals surface area contributed by atoms with Gasteiger partial charge in [0, 0.05) is 12.6 Å². The lowest BCUT2D eigenvalue weighted by atomic mass is 10.1. The molecule has 0 aliphatic carbocycles. The van der Waals surface area contributed by atoms with E-state index in [0.29, 0.717) is 35.1 Å². The Morgan fingerprint density at radius 2 is 2.12 bits per heavy atom. The molecule has 24 heavy (non-hydrogen) atoms. The highest BCUT2D eigenvalue weighted by molar-refractivity contribution is 5.93. The lowest BCUT2D eigenvalue weighted by Crippen LogP contribution is -2.27. The minimum Gasteiger partial charge on any atom is -0.496 e. The van der Waals surface area contributed by atoms with Gasteiger partial charge < -0.3 is 9.64 Å². The van der Waals surface area contributed by atoms with E-state index in [0.717, 1.165) is 5.56 Å². The maximum Gasteiger partial charge on any atom is 0.271 e. The molecule has 3 aromatic rings. The number of H-pyrrole nitrogens is 1. The van der Waals surface area contributed by atoms with Crippen molar-refractivity contribution in [2.45, 2.75) is 13.5 Å². The summed E-state index contributed by atoms with van der Waals surface area (Å²) in [6.07, 6.45) is 0. The highest BCUT2D eigenvalue weighted by Gasteiger charge is 2.19. The maximum atomic E-state index is 12.5. The first-order valence-electron chi connectivity index (χ1n) is 7.32. The first-order chi connectivity index (χ1) is 11.6. The van der Waals surface area contributed by atoms with E-state index in [2.05, 4.69) is 25.1 Å². The molecule has 8 nitrogen and oxygen atoms in total. The third kappa shape index (κ3) is 2.98. The highest BCUT2D eigenvalue weighted by atomic mass is 16.6. The fourth-order valence-corrected chi connectivity index (χ4v) is 2.32. The van der Waals surface area contributed by atoms with Crippen molar-refractivity contribution in [1.82, 2.24) is 25.4 Å². The van der Waals surface area contributed by atoms with Crippen LogP contribution in [0.2, 0.25) is 0 Å². The number of para-hydroxylation sites is 1. The number of hydrogen-bond acceptors (Lipinski definition) is 6. The van der Waals surface area contributed by atoms with E-state index in [9.17, 15) is 4.79 Å². The number of rotatable bonds is 5. The Morgan fingerprint density at radius 1 is 1.33 bits per heavy atom. The number of aromatic nitrogens is 4. The maximum absolute atomic E-state index is 12.5. The van der Waals surface area contributed by atoms with Crippen LogP contribution in [0.1, 0.15) is 21.9 Å². The predicted octanol–water partition coefficient (Wildman–Crippen LogP) is 2.05. The van der Waals surface area contributed by atoms with Crippen LogP contribution in [0.4, 0.5) is 0 Å². The molecular weight excluding hydrogens is 310 g/mol. The molecule has 1 amide bonds. The van der Waals surface area contributed by atoms with E-state index >= 15 is 0 Å². The molecule has 124 valence electrons. The molecule has 3 rings (SSSR count). The summed E-state index contributed by atoms with van der Waals surface area (Å²) in [5.41, 5.74) is 3.12. The molecule has 0 saturated carbocycles. The van der Waals surface area contributed by atoms with Gasteiger partial charge in [0.05, 0.1) is 19.3 Å². The van der Waals surface area contributed by atoms with Crippen LogP contribution in [0.25, 0.3) is 11.3 Å². The Labute approximate surface area is 138 Å². The van der Waals surface area contributed by atoms with Gasteiger partial charge in [-0.05, 0) is 25.1 Å². The number of aryl methyl sites for hydroxylation is 1. The zero-order valence-electron chi connectivity index (χ0n) is 13.6. The second kappa shape index (κ2) is 6.53. The van der Waals surface area contributed by atoms with E-state index in [-0.39, 0.29) is 5.91 Å². The Kier molecular flexibility index (Phi) is 4.28.